The summed E-state index contributed by atoms with van der Waals surface area (Å²) in [5.74, 6) is 0. The highest BCUT2D eigenvalue weighted by Crippen LogP contribution is 2.14. The van der Waals surface area contributed by atoms with E-state index in [-0.39, 0.29) is 6.09 Å². The average Bonchev–Trinajstić information content (AvgIpc) is 2.57. The Morgan fingerprint density at radius 3 is 2.17 bits per heavy atom. The number of hydrogen-bond donors (Lipinski definition) is 1. The fourth-order valence-corrected chi connectivity index (χ4v) is 2.02. The van der Waals surface area contributed by atoms with E-state index in [2.05, 4.69) is 10.5 Å². The number of carbonyl (C=O) groups excluding carboxylic acids is 2. The van der Waals surface area contributed by atoms with E-state index in [1.54, 1.807) is 25.7 Å². The summed E-state index contributed by atoms with van der Waals surface area (Å²) in [6.07, 6.45) is 1.25. The summed E-state index contributed by atoms with van der Waals surface area (Å²) in [7, 11) is 0. The molecule has 7 heteroatoms. The summed E-state index contributed by atoms with van der Waals surface area (Å²) in [4.78, 5) is 25.3. The van der Waals surface area contributed by atoms with E-state index in [0.717, 1.165) is 18.6 Å². The third kappa shape index (κ3) is 8.42. The van der Waals surface area contributed by atoms with Gasteiger partial charge in [-0.2, -0.15) is 5.10 Å². The van der Waals surface area contributed by atoms with Crippen molar-refractivity contribution in [2.75, 3.05) is 13.1 Å². The van der Waals surface area contributed by atoms with E-state index in [9.17, 15) is 9.59 Å². The van der Waals surface area contributed by atoms with Crippen LogP contribution in [0.2, 0.25) is 0 Å². The molecule has 0 aromatic carbocycles. The zero-order valence-corrected chi connectivity index (χ0v) is 15.1. The number of hydrogen-bond acceptors (Lipinski definition) is 5. The predicted octanol–water partition coefficient (Wildman–Crippen LogP) is 3.29. The third-order valence-electron chi connectivity index (χ3n) is 2.92. The Bertz CT molecular complexity index is 461. The lowest BCUT2D eigenvalue weighted by Crippen LogP contribution is -2.37. The Kier molecular flexibility index (Phi) is 6.41. The van der Waals surface area contributed by atoms with Gasteiger partial charge in [0.1, 0.15) is 11.2 Å². The van der Waals surface area contributed by atoms with E-state index in [1.807, 2.05) is 20.8 Å². The zero-order chi connectivity index (χ0) is 17.7. The Morgan fingerprint density at radius 2 is 1.61 bits per heavy atom. The first-order chi connectivity index (χ1) is 10.5. The summed E-state index contributed by atoms with van der Waals surface area (Å²) < 4.78 is 10.5. The molecular formula is C16H29N3O4. The molecule has 0 aromatic rings. The molecule has 0 spiro atoms. The molecule has 23 heavy (non-hydrogen) atoms. The van der Waals surface area contributed by atoms with E-state index >= 15 is 0 Å². The van der Waals surface area contributed by atoms with Crippen molar-refractivity contribution in [3.8, 4) is 0 Å². The van der Waals surface area contributed by atoms with Crippen molar-refractivity contribution >= 4 is 17.9 Å². The van der Waals surface area contributed by atoms with Gasteiger partial charge in [-0.05, 0) is 54.4 Å². The van der Waals surface area contributed by atoms with Gasteiger partial charge in [-0.25, -0.2) is 15.0 Å². The van der Waals surface area contributed by atoms with E-state index < -0.39 is 17.3 Å². The first-order valence-corrected chi connectivity index (χ1v) is 7.99. The molecule has 1 rings (SSSR count). The molecule has 0 bridgehead atoms. The molecule has 0 aliphatic carbocycles. The Morgan fingerprint density at radius 1 is 1.00 bits per heavy atom. The Hall–Kier alpha value is -1.79. The highest BCUT2D eigenvalue weighted by Gasteiger charge is 2.24. The molecule has 1 saturated heterocycles. The minimum Gasteiger partial charge on any atom is -0.444 e. The van der Waals surface area contributed by atoms with Crippen LogP contribution in [0.1, 0.15) is 60.8 Å². The molecule has 0 atom stereocenters. The van der Waals surface area contributed by atoms with Gasteiger partial charge in [0.25, 0.3) is 0 Å². The first-order valence-electron chi connectivity index (χ1n) is 7.99. The van der Waals surface area contributed by atoms with Crippen LogP contribution in [-0.4, -0.2) is 47.1 Å². The Balaban J connectivity index is 2.50. The highest BCUT2D eigenvalue weighted by atomic mass is 16.6. The van der Waals surface area contributed by atoms with Crippen molar-refractivity contribution in [1.29, 1.82) is 0 Å². The van der Waals surface area contributed by atoms with Crippen LogP contribution in [0.3, 0.4) is 0 Å². The maximum atomic E-state index is 12.1. The number of ether oxygens (including phenoxy) is 2. The van der Waals surface area contributed by atoms with Crippen molar-refractivity contribution in [3.05, 3.63) is 0 Å². The molecule has 1 fully saturated rings. The van der Waals surface area contributed by atoms with Crippen LogP contribution in [0, 0.1) is 0 Å². The van der Waals surface area contributed by atoms with Crippen molar-refractivity contribution < 1.29 is 19.1 Å². The molecule has 7 nitrogen and oxygen atoms in total. The summed E-state index contributed by atoms with van der Waals surface area (Å²) in [6, 6.07) is 0. The molecule has 2 amide bonds. The molecule has 132 valence electrons. The van der Waals surface area contributed by atoms with Gasteiger partial charge < -0.3 is 14.4 Å². The highest BCUT2D eigenvalue weighted by molar-refractivity contribution is 5.86. The Labute approximate surface area is 138 Å². The fourth-order valence-electron chi connectivity index (χ4n) is 2.02. The average molecular weight is 327 g/mol. The minimum absolute atomic E-state index is 0.307. The topological polar surface area (TPSA) is 80.2 Å². The van der Waals surface area contributed by atoms with E-state index in [4.69, 9.17) is 9.47 Å². The monoisotopic (exact) mass is 327 g/mol. The van der Waals surface area contributed by atoms with Crippen LogP contribution in [0.4, 0.5) is 9.59 Å². The molecule has 0 radical (unpaired) electrons. The maximum Gasteiger partial charge on any atom is 0.428 e. The maximum absolute atomic E-state index is 12.1. The van der Waals surface area contributed by atoms with Crippen molar-refractivity contribution in [2.24, 2.45) is 5.10 Å². The summed E-state index contributed by atoms with van der Waals surface area (Å²) in [5.41, 5.74) is 2.20. The standard InChI is InChI=1S/C16H29N3O4/c1-15(2,3)22-13(20)18-17-12-8-7-10-19(11-9-12)14(21)23-16(4,5)6/h7-11H2,1-6H3,(H,18,20). The summed E-state index contributed by atoms with van der Waals surface area (Å²) in [6.45, 7) is 12.1. The number of carbonyl (C=O) groups is 2. The van der Waals surface area contributed by atoms with Gasteiger partial charge in [0, 0.05) is 25.2 Å². The second-order valence-electron chi connectivity index (χ2n) is 7.61. The first kappa shape index (κ1) is 19.3. The van der Waals surface area contributed by atoms with Crippen LogP contribution < -0.4 is 5.43 Å². The lowest BCUT2D eigenvalue weighted by Gasteiger charge is -2.26. The van der Waals surface area contributed by atoms with Crippen LogP contribution in [-0.2, 0) is 9.47 Å². The number of nitrogens with one attached hydrogen (secondary N) is 1. The van der Waals surface area contributed by atoms with Crippen LogP contribution in [0.15, 0.2) is 5.10 Å². The van der Waals surface area contributed by atoms with Crippen LogP contribution in [0.5, 0.6) is 0 Å². The fraction of sp³-hybridized carbons (Fsp3) is 0.812. The lowest BCUT2D eigenvalue weighted by atomic mass is 10.2. The van der Waals surface area contributed by atoms with Gasteiger partial charge in [-0.3, -0.25) is 0 Å². The van der Waals surface area contributed by atoms with Gasteiger partial charge in [0.15, 0.2) is 0 Å². The van der Waals surface area contributed by atoms with Gasteiger partial charge >= 0.3 is 12.2 Å². The van der Waals surface area contributed by atoms with Crippen LogP contribution >= 0.6 is 0 Å². The summed E-state index contributed by atoms with van der Waals surface area (Å²) in [5, 5.41) is 4.11. The number of likely N-dealkylation sites (tertiary alicyclic amines) is 1. The van der Waals surface area contributed by atoms with Gasteiger partial charge in [-0.15, -0.1) is 0 Å². The molecule has 0 aromatic heterocycles. The predicted molar refractivity (Wildman–Crippen MR) is 88.5 cm³/mol. The SMILES string of the molecule is CC(C)(C)OC(=O)NN=C1CCCN(C(=O)OC(C)(C)C)CC1. The smallest absolute Gasteiger partial charge is 0.428 e. The second-order valence-corrected chi connectivity index (χ2v) is 7.61. The molecule has 0 unspecified atom stereocenters. The quantitative estimate of drug-likeness (QED) is 0.749. The molecule has 1 aliphatic rings. The van der Waals surface area contributed by atoms with Gasteiger partial charge in [-0.1, -0.05) is 0 Å². The van der Waals surface area contributed by atoms with Crippen molar-refractivity contribution in [1.82, 2.24) is 10.3 Å². The van der Waals surface area contributed by atoms with Crippen LogP contribution in [0.25, 0.3) is 0 Å². The van der Waals surface area contributed by atoms with E-state index in [0.29, 0.717) is 19.5 Å². The largest absolute Gasteiger partial charge is 0.444 e. The van der Waals surface area contributed by atoms with Crippen molar-refractivity contribution in [2.45, 2.75) is 72.0 Å². The molecule has 1 N–H and O–H groups in total. The number of hydrazone groups is 1. The molecule has 1 heterocycles. The minimum atomic E-state index is -0.571. The van der Waals surface area contributed by atoms with Crippen molar-refractivity contribution in [3.63, 3.8) is 0 Å². The second kappa shape index (κ2) is 7.66. The summed E-state index contributed by atoms with van der Waals surface area (Å²) >= 11 is 0. The van der Waals surface area contributed by atoms with Gasteiger partial charge in [0.2, 0.25) is 0 Å². The number of amides is 2. The van der Waals surface area contributed by atoms with E-state index in [1.165, 1.54) is 0 Å². The zero-order valence-electron chi connectivity index (χ0n) is 15.1. The lowest BCUT2D eigenvalue weighted by molar-refractivity contribution is 0.0258. The number of nitrogens with zero attached hydrogens (tertiary/aromatic N) is 2. The molecule has 0 saturated carbocycles. The van der Waals surface area contributed by atoms with Gasteiger partial charge in [0.05, 0.1) is 0 Å². The number of rotatable bonds is 1. The normalized spacial score (nSPS) is 18.3. The molecule has 1 aliphatic heterocycles. The third-order valence-corrected chi connectivity index (χ3v) is 2.92. The molecular weight excluding hydrogens is 298 g/mol.